The van der Waals surface area contributed by atoms with Gasteiger partial charge in [-0.25, -0.2) is 0 Å². The molecule has 0 aliphatic heterocycles. The summed E-state index contributed by atoms with van der Waals surface area (Å²) in [6, 6.07) is 28.3. The average Bonchev–Trinajstić information content (AvgIpc) is 2.56. The van der Waals surface area contributed by atoms with E-state index in [2.05, 4.69) is 21.6 Å². The highest BCUT2D eigenvalue weighted by atomic mass is 15.1. The van der Waals surface area contributed by atoms with E-state index in [-0.39, 0.29) is 0 Å². The molecule has 0 fully saturated rings. The molecule has 3 heteroatoms. The Bertz CT molecular complexity index is 704. The third-order valence-electron chi connectivity index (χ3n) is 2.90. The molecule has 1 N–H and O–H groups in total. The Hall–Kier alpha value is -2.94. The van der Waals surface area contributed by atoms with E-state index in [0.717, 1.165) is 22.7 Å². The molecule has 0 aromatic heterocycles. The summed E-state index contributed by atoms with van der Waals surface area (Å²) in [7, 11) is 0. The molecule has 21 heavy (non-hydrogen) atoms. The van der Waals surface area contributed by atoms with Gasteiger partial charge in [0.2, 0.25) is 0 Å². The fraction of sp³-hybridized carbons (Fsp3) is 0. The second-order valence-corrected chi connectivity index (χ2v) is 4.50. The van der Waals surface area contributed by atoms with Crippen LogP contribution in [-0.2, 0) is 0 Å². The van der Waals surface area contributed by atoms with Crippen LogP contribution in [0.3, 0.4) is 0 Å². The molecule has 0 atom stereocenters. The van der Waals surface area contributed by atoms with Gasteiger partial charge in [0.05, 0.1) is 11.4 Å². The first-order chi connectivity index (χ1) is 10.4. The van der Waals surface area contributed by atoms with Crippen molar-refractivity contribution in [3.8, 4) is 0 Å². The third-order valence-corrected chi connectivity index (χ3v) is 2.90. The maximum atomic E-state index is 4.20. The molecular formula is C18H14N3. The summed E-state index contributed by atoms with van der Waals surface area (Å²) < 4.78 is 0. The van der Waals surface area contributed by atoms with Crippen molar-refractivity contribution in [1.29, 1.82) is 0 Å². The number of nitrogens with one attached hydrogen (secondary N) is 1. The maximum Gasteiger partial charge on any atom is 0.0863 e. The van der Waals surface area contributed by atoms with Gasteiger partial charge in [0.25, 0.3) is 0 Å². The lowest BCUT2D eigenvalue weighted by atomic mass is 10.2. The van der Waals surface area contributed by atoms with Crippen LogP contribution < -0.4 is 5.32 Å². The summed E-state index contributed by atoms with van der Waals surface area (Å²) in [5.74, 6) is 0. The van der Waals surface area contributed by atoms with Gasteiger partial charge in [-0.2, -0.15) is 10.2 Å². The van der Waals surface area contributed by atoms with Crippen LogP contribution in [0.4, 0.5) is 22.7 Å². The normalized spacial score (nSPS) is 10.7. The van der Waals surface area contributed by atoms with Crippen molar-refractivity contribution in [1.82, 2.24) is 0 Å². The second kappa shape index (κ2) is 6.48. The third kappa shape index (κ3) is 3.76. The monoisotopic (exact) mass is 272 g/mol. The number of hydrogen-bond donors (Lipinski definition) is 1. The van der Waals surface area contributed by atoms with E-state index in [4.69, 9.17) is 0 Å². The highest BCUT2D eigenvalue weighted by molar-refractivity contribution is 5.61. The summed E-state index contributed by atoms with van der Waals surface area (Å²) in [6.07, 6.45) is 0. The molecule has 0 heterocycles. The lowest BCUT2D eigenvalue weighted by molar-refractivity contribution is 1.23. The van der Waals surface area contributed by atoms with Gasteiger partial charge in [-0.15, -0.1) is 0 Å². The van der Waals surface area contributed by atoms with Crippen molar-refractivity contribution in [2.24, 2.45) is 10.2 Å². The lowest BCUT2D eigenvalue weighted by Gasteiger charge is -2.05. The molecule has 0 unspecified atom stereocenters. The zero-order valence-corrected chi connectivity index (χ0v) is 11.4. The number of azo groups is 1. The van der Waals surface area contributed by atoms with Crippen molar-refractivity contribution in [3.63, 3.8) is 0 Å². The predicted molar refractivity (Wildman–Crippen MR) is 85.6 cm³/mol. The van der Waals surface area contributed by atoms with Crippen LogP contribution in [0.1, 0.15) is 0 Å². The van der Waals surface area contributed by atoms with Gasteiger partial charge in [-0.1, -0.05) is 30.3 Å². The average molecular weight is 272 g/mol. The minimum atomic E-state index is 0.795. The lowest BCUT2D eigenvalue weighted by Crippen LogP contribution is -1.88. The Morgan fingerprint density at radius 1 is 0.667 bits per heavy atom. The van der Waals surface area contributed by atoms with Crippen molar-refractivity contribution in [2.75, 3.05) is 5.32 Å². The number of anilines is 2. The fourth-order valence-electron chi connectivity index (χ4n) is 1.86. The number of rotatable bonds is 4. The zero-order valence-electron chi connectivity index (χ0n) is 11.4. The smallest absolute Gasteiger partial charge is 0.0863 e. The molecule has 101 valence electrons. The molecule has 0 saturated carbocycles. The Balaban J connectivity index is 1.68. The van der Waals surface area contributed by atoms with Gasteiger partial charge < -0.3 is 5.32 Å². The van der Waals surface area contributed by atoms with Gasteiger partial charge in [-0.05, 0) is 54.6 Å². The fourth-order valence-corrected chi connectivity index (χ4v) is 1.86. The Labute approximate surface area is 124 Å². The number of hydrogen-bond acceptors (Lipinski definition) is 3. The van der Waals surface area contributed by atoms with Crippen molar-refractivity contribution in [3.05, 3.63) is 84.9 Å². The maximum absolute atomic E-state index is 4.20. The highest BCUT2D eigenvalue weighted by Crippen LogP contribution is 2.22. The van der Waals surface area contributed by atoms with Gasteiger partial charge in [-0.3, -0.25) is 0 Å². The molecule has 0 aliphatic rings. The summed E-state index contributed by atoms with van der Waals surface area (Å²) >= 11 is 0. The number of para-hydroxylation sites is 1. The summed E-state index contributed by atoms with van der Waals surface area (Å²) in [6.45, 7) is 0. The van der Waals surface area contributed by atoms with E-state index in [0.29, 0.717) is 0 Å². The molecule has 0 spiro atoms. The van der Waals surface area contributed by atoms with Crippen molar-refractivity contribution in [2.45, 2.75) is 0 Å². The minimum Gasteiger partial charge on any atom is -0.356 e. The minimum absolute atomic E-state index is 0.795. The largest absolute Gasteiger partial charge is 0.356 e. The van der Waals surface area contributed by atoms with E-state index in [9.17, 15) is 0 Å². The molecule has 3 nitrogen and oxygen atoms in total. The van der Waals surface area contributed by atoms with Crippen LogP contribution in [0.5, 0.6) is 0 Å². The predicted octanol–water partition coefficient (Wildman–Crippen LogP) is 5.65. The van der Waals surface area contributed by atoms with Crippen molar-refractivity contribution < 1.29 is 0 Å². The standard InChI is InChI=1S/C18H14N3/c1-3-7-15(8-4-1)19-16-11-13-18(14-12-16)21-20-17-9-5-2-6-10-17/h1-5,7-14,19H. The Morgan fingerprint density at radius 2 is 1.38 bits per heavy atom. The highest BCUT2D eigenvalue weighted by Gasteiger charge is 1.95. The Kier molecular flexibility index (Phi) is 4.03. The topological polar surface area (TPSA) is 36.8 Å². The molecule has 1 radical (unpaired) electrons. The number of benzene rings is 3. The summed E-state index contributed by atoms with van der Waals surface area (Å²) in [5, 5.41) is 11.7. The van der Waals surface area contributed by atoms with Crippen LogP contribution in [-0.4, -0.2) is 0 Å². The number of nitrogens with zero attached hydrogens (tertiary/aromatic N) is 2. The van der Waals surface area contributed by atoms with E-state index < -0.39 is 0 Å². The first-order valence-corrected chi connectivity index (χ1v) is 6.70. The zero-order chi connectivity index (χ0) is 14.3. The van der Waals surface area contributed by atoms with Crippen LogP contribution in [0.2, 0.25) is 0 Å². The van der Waals surface area contributed by atoms with E-state index in [1.54, 1.807) is 6.07 Å². The second-order valence-electron chi connectivity index (χ2n) is 4.50. The van der Waals surface area contributed by atoms with Gasteiger partial charge >= 0.3 is 0 Å². The SMILES string of the molecule is [c]1cccc(N=Nc2ccc(Nc3ccccc3)cc2)c1. The van der Waals surface area contributed by atoms with E-state index >= 15 is 0 Å². The first kappa shape index (κ1) is 13.1. The van der Waals surface area contributed by atoms with Crippen LogP contribution in [0.15, 0.2) is 89.1 Å². The molecule has 0 aliphatic carbocycles. The molecule has 3 aromatic rings. The van der Waals surface area contributed by atoms with E-state index in [1.165, 1.54) is 0 Å². The molecule has 3 rings (SSSR count). The summed E-state index contributed by atoms with van der Waals surface area (Å²) in [4.78, 5) is 0. The molecular weight excluding hydrogens is 258 g/mol. The van der Waals surface area contributed by atoms with Crippen LogP contribution in [0.25, 0.3) is 0 Å². The molecule has 0 bridgehead atoms. The molecule has 0 amide bonds. The van der Waals surface area contributed by atoms with Gasteiger partial charge in [0.15, 0.2) is 0 Å². The Morgan fingerprint density at radius 3 is 2.10 bits per heavy atom. The van der Waals surface area contributed by atoms with Gasteiger partial charge in [0, 0.05) is 11.4 Å². The van der Waals surface area contributed by atoms with Crippen LogP contribution >= 0.6 is 0 Å². The van der Waals surface area contributed by atoms with Crippen molar-refractivity contribution >= 4 is 22.7 Å². The van der Waals surface area contributed by atoms with Gasteiger partial charge in [0.1, 0.15) is 0 Å². The quantitative estimate of drug-likeness (QED) is 0.612. The van der Waals surface area contributed by atoms with E-state index in [1.807, 2.05) is 72.8 Å². The molecule has 3 aromatic carbocycles. The summed E-state index contributed by atoms with van der Waals surface area (Å²) in [5.41, 5.74) is 3.70. The first-order valence-electron chi connectivity index (χ1n) is 6.70. The molecule has 0 saturated heterocycles. The van der Waals surface area contributed by atoms with Crippen LogP contribution in [0, 0.1) is 6.07 Å².